The maximum absolute atomic E-state index is 5.44. The highest BCUT2D eigenvalue weighted by molar-refractivity contribution is 6.21. The largest absolute Gasteiger partial charge is 0.358 e. The molecule has 0 spiro atoms. The molecule has 3 heteroatoms. The van der Waals surface area contributed by atoms with Crippen LogP contribution in [0.25, 0.3) is 0 Å². The highest BCUT2D eigenvalue weighted by Crippen LogP contribution is 2.23. The minimum Gasteiger partial charge on any atom is -0.358 e. The Hall–Kier alpha value is 0.540. The van der Waals surface area contributed by atoms with E-state index in [4.69, 9.17) is 27.9 Å². The van der Waals surface area contributed by atoms with Crippen LogP contribution < -0.4 is 0 Å². The van der Waals surface area contributed by atoms with Gasteiger partial charge >= 0.3 is 0 Å². The Morgan fingerprint density at radius 2 is 2.29 bits per heavy atom. The van der Waals surface area contributed by atoms with Crippen LogP contribution in [-0.2, 0) is 4.74 Å². The van der Waals surface area contributed by atoms with E-state index in [-0.39, 0.29) is 11.7 Å². The molecular formula is C4H6Cl2O. The molecule has 1 aliphatic rings. The molecule has 1 nitrogen and oxygen atoms in total. The average molecular weight is 141 g/mol. The third-order valence-corrected chi connectivity index (χ3v) is 1.59. The van der Waals surface area contributed by atoms with E-state index < -0.39 is 0 Å². The smallest absolute Gasteiger partial charge is 0.134 e. The van der Waals surface area contributed by atoms with Gasteiger partial charge in [0.25, 0.3) is 0 Å². The summed E-state index contributed by atoms with van der Waals surface area (Å²) in [6, 6.07) is 0. The lowest BCUT2D eigenvalue weighted by molar-refractivity contribution is -0.0637. The molecule has 0 radical (unpaired) electrons. The van der Waals surface area contributed by atoms with Crippen LogP contribution in [-0.4, -0.2) is 17.5 Å². The molecule has 7 heavy (non-hydrogen) atoms. The van der Waals surface area contributed by atoms with Crippen molar-refractivity contribution in [2.45, 2.75) is 18.1 Å². The summed E-state index contributed by atoms with van der Waals surface area (Å²) in [7, 11) is 0. The van der Waals surface area contributed by atoms with Crippen molar-refractivity contribution in [1.82, 2.24) is 0 Å². The molecule has 0 N–H and O–H groups in total. The van der Waals surface area contributed by atoms with Crippen LogP contribution in [0.5, 0.6) is 0 Å². The van der Waals surface area contributed by atoms with Crippen LogP contribution in [0.1, 0.15) is 6.42 Å². The lowest BCUT2D eigenvalue weighted by Gasteiger charge is -2.29. The number of hydrogen-bond donors (Lipinski definition) is 0. The van der Waals surface area contributed by atoms with E-state index >= 15 is 0 Å². The van der Waals surface area contributed by atoms with Crippen molar-refractivity contribution in [3.8, 4) is 0 Å². The van der Waals surface area contributed by atoms with Crippen molar-refractivity contribution < 1.29 is 4.74 Å². The van der Waals surface area contributed by atoms with E-state index in [9.17, 15) is 0 Å². The molecule has 0 bridgehead atoms. The highest BCUT2D eigenvalue weighted by atomic mass is 35.5. The lowest BCUT2D eigenvalue weighted by atomic mass is 10.2. The van der Waals surface area contributed by atoms with E-state index in [1.807, 2.05) is 0 Å². The molecule has 42 valence electrons. The summed E-state index contributed by atoms with van der Waals surface area (Å²) < 4.78 is 4.92. The predicted octanol–water partition coefficient (Wildman–Crippen LogP) is 1.58. The fraction of sp³-hybridized carbons (Fsp3) is 1.00. The molecule has 0 aromatic carbocycles. The second kappa shape index (κ2) is 2.21. The van der Waals surface area contributed by atoms with Gasteiger partial charge in [0.2, 0.25) is 0 Å². The van der Waals surface area contributed by atoms with Crippen molar-refractivity contribution in [2.24, 2.45) is 0 Å². The van der Waals surface area contributed by atoms with E-state index in [1.165, 1.54) is 0 Å². The maximum Gasteiger partial charge on any atom is 0.134 e. The van der Waals surface area contributed by atoms with Gasteiger partial charge in [0.15, 0.2) is 0 Å². The van der Waals surface area contributed by atoms with Crippen LogP contribution in [0.2, 0.25) is 0 Å². The van der Waals surface area contributed by atoms with Gasteiger partial charge in [-0.1, -0.05) is 11.6 Å². The first kappa shape index (κ1) is 5.67. The summed E-state index contributed by atoms with van der Waals surface area (Å²) in [6.07, 6.45) is 1.13. The summed E-state index contributed by atoms with van der Waals surface area (Å²) in [5.74, 6) is 0.573. The minimum atomic E-state index is -0.0660. The Morgan fingerprint density at radius 1 is 1.71 bits per heavy atom. The summed E-state index contributed by atoms with van der Waals surface area (Å²) in [5.41, 5.74) is -0.0660. The third kappa shape index (κ3) is 1.21. The van der Waals surface area contributed by atoms with Gasteiger partial charge in [-0.25, -0.2) is 0 Å². The van der Waals surface area contributed by atoms with Crippen LogP contribution in [0.3, 0.4) is 0 Å². The normalized spacial score (nSPS) is 40.3. The molecule has 0 aromatic heterocycles. The summed E-state index contributed by atoms with van der Waals surface area (Å²) >= 11 is 10.8. The second-order valence-corrected chi connectivity index (χ2v) is 2.35. The van der Waals surface area contributed by atoms with Gasteiger partial charge < -0.3 is 4.74 Å². The molecule has 0 aromatic rings. The van der Waals surface area contributed by atoms with E-state index in [0.717, 1.165) is 6.42 Å². The Kier molecular flexibility index (Phi) is 1.79. The SMILES string of the molecule is ClCC1CC(Cl)O1. The zero-order chi connectivity index (χ0) is 5.28. The summed E-state index contributed by atoms with van der Waals surface area (Å²) in [5, 5.41) is 0. The van der Waals surface area contributed by atoms with Crippen LogP contribution in [0, 0.1) is 0 Å². The second-order valence-electron chi connectivity index (χ2n) is 1.56. The van der Waals surface area contributed by atoms with Gasteiger partial charge in [-0.3, -0.25) is 0 Å². The van der Waals surface area contributed by atoms with Gasteiger partial charge in [0, 0.05) is 12.3 Å². The highest BCUT2D eigenvalue weighted by Gasteiger charge is 2.26. The Labute approximate surface area is 52.5 Å². The van der Waals surface area contributed by atoms with Crippen molar-refractivity contribution in [3.05, 3.63) is 0 Å². The van der Waals surface area contributed by atoms with E-state index in [2.05, 4.69) is 0 Å². The molecule has 0 aliphatic carbocycles. The monoisotopic (exact) mass is 140 g/mol. The minimum absolute atomic E-state index is 0.0660. The van der Waals surface area contributed by atoms with Gasteiger partial charge in [-0.2, -0.15) is 0 Å². The molecule has 0 amide bonds. The molecule has 1 aliphatic heterocycles. The Bertz CT molecular complexity index is 60.7. The zero-order valence-corrected chi connectivity index (χ0v) is 5.24. The molecule has 1 rings (SSSR count). The number of hydrogen-bond acceptors (Lipinski definition) is 1. The summed E-state index contributed by atoms with van der Waals surface area (Å²) in [6.45, 7) is 0. The van der Waals surface area contributed by atoms with Crippen LogP contribution in [0.4, 0.5) is 0 Å². The fourth-order valence-electron chi connectivity index (χ4n) is 0.504. The van der Waals surface area contributed by atoms with E-state index in [0.29, 0.717) is 5.88 Å². The third-order valence-electron chi connectivity index (χ3n) is 0.960. The van der Waals surface area contributed by atoms with Gasteiger partial charge in [0.05, 0.1) is 6.10 Å². The average Bonchev–Trinajstić information content (AvgIpc) is 1.58. The number of halogens is 2. The standard InChI is InChI=1S/C4H6Cl2O/c5-2-3-1-4(6)7-3/h3-4H,1-2H2. The molecule has 1 saturated heterocycles. The van der Waals surface area contributed by atoms with Crippen LogP contribution >= 0.6 is 23.2 Å². The van der Waals surface area contributed by atoms with Gasteiger partial charge in [0.1, 0.15) is 5.56 Å². The lowest BCUT2D eigenvalue weighted by Crippen LogP contribution is -2.34. The van der Waals surface area contributed by atoms with Crippen molar-refractivity contribution >= 4 is 23.2 Å². The van der Waals surface area contributed by atoms with Gasteiger partial charge in [-0.05, 0) is 0 Å². The molecule has 1 fully saturated rings. The topological polar surface area (TPSA) is 9.23 Å². The first-order chi connectivity index (χ1) is 3.33. The van der Waals surface area contributed by atoms with Crippen molar-refractivity contribution in [1.29, 1.82) is 0 Å². The van der Waals surface area contributed by atoms with E-state index in [1.54, 1.807) is 0 Å². The first-order valence-electron chi connectivity index (χ1n) is 2.18. The molecule has 0 saturated carbocycles. The zero-order valence-electron chi connectivity index (χ0n) is 3.73. The number of ether oxygens (including phenoxy) is 1. The molecule has 2 unspecified atom stereocenters. The quantitative estimate of drug-likeness (QED) is 0.503. The molecule has 2 atom stereocenters. The number of rotatable bonds is 1. The fourth-order valence-corrected chi connectivity index (χ4v) is 1.05. The first-order valence-corrected chi connectivity index (χ1v) is 3.15. The Balaban J connectivity index is 2.06. The van der Waals surface area contributed by atoms with Gasteiger partial charge in [-0.15, -0.1) is 11.6 Å². The van der Waals surface area contributed by atoms with Crippen LogP contribution in [0.15, 0.2) is 0 Å². The Morgan fingerprint density at radius 3 is 2.43 bits per heavy atom. The predicted molar refractivity (Wildman–Crippen MR) is 29.9 cm³/mol. The molecular weight excluding hydrogens is 135 g/mol. The molecule has 1 heterocycles. The van der Waals surface area contributed by atoms with Crippen molar-refractivity contribution in [2.75, 3.05) is 5.88 Å². The maximum atomic E-state index is 5.44. The summed E-state index contributed by atoms with van der Waals surface area (Å²) in [4.78, 5) is 0. The van der Waals surface area contributed by atoms with Crippen molar-refractivity contribution in [3.63, 3.8) is 0 Å². The number of alkyl halides is 2.